The first-order valence-corrected chi connectivity index (χ1v) is 9.23. The Kier molecular flexibility index (Phi) is 4.29. The Morgan fingerprint density at radius 1 is 1.12 bits per heavy atom. The number of nitrogens with zero attached hydrogens (tertiary/aromatic N) is 3. The maximum absolute atomic E-state index is 5.71. The number of hydrogen-bond acceptors (Lipinski definition) is 6. The van der Waals surface area contributed by atoms with Gasteiger partial charge in [-0.3, -0.25) is 9.98 Å². The summed E-state index contributed by atoms with van der Waals surface area (Å²) in [4.78, 5) is 12.0. The summed E-state index contributed by atoms with van der Waals surface area (Å²) in [6.07, 6.45) is 1.83. The molecule has 0 radical (unpaired) electrons. The number of para-hydroxylation sites is 1. The van der Waals surface area contributed by atoms with E-state index in [1.165, 1.54) is 0 Å². The van der Waals surface area contributed by atoms with Crippen molar-refractivity contribution in [2.75, 3.05) is 20.8 Å². The maximum atomic E-state index is 5.71. The Balaban J connectivity index is 1.83. The number of pyridine rings is 1. The molecule has 0 aliphatic carbocycles. The van der Waals surface area contributed by atoms with Crippen molar-refractivity contribution in [3.63, 3.8) is 0 Å². The number of aliphatic imine (C=N–C) groups is 1. The molecule has 5 nitrogen and oxygen atoms in total. The lowest BCUT2D eigenvalue weighted by atomic mass is 9.95. The fourth-order valence-corrected chi connectivity index (χ4v) is 4.69. The Morgan fingerprint density at radius 3 is 2.72 bits per heavy atom. The number of thioether (sulfide) groups is 1. The van der Waals surface area contributed by atoms with E-state index in [0.717, 1.165) is 34.5 Å². The summed E-state index contributed by atoms with van der Waals surface area (Å²) < 4.78 is 11.2. The van der Waals surface area contributed by atoms with Crippen molar-refractivity contribution >= 4 is 16.9 Å². The fraction of sp³-hybridized carbons (Fsp3) is 0.368. The Labute approximate surface area is 152 Å². The second-order valence-corrected chi connectivity index (χ2v) is 7.63. The lowest BCUT2D eigenvalue weighted by molar-refractivity contribution is 0.299. The third-order valence-electron chi connectivity index (χ3n) is 4.63. The average Bonchev–Trinajstić information content (AvgIpc) is 3.17. The van der Waals surface area contributed by atoms with E-state index in [-0.39, 0.29) is 12.1 Å². The van der Waals surface area contributed by atoms with Crippen LogP contribution in [0.5, 0.6) is 11.5 Å². The molecule has 0 N–H and O–H groups in total. The summed E-state index contributed by atoms with van der Waals surface area (Å²) in [5.41, 5.74) is 2.07. The Hall–Kier alpha value is -2.21. The van der Waals surface area contributed by atoms with Gasteiger partial charge in [-0.05, 0) is 18.2 Å². The topological polar surface area (TPSA) is 47.0 Å². The monoisotopic (exact) mass is 355 g/mol. The Morgan fingerprint density at radius 2 is 2.00 bits per heavy atom. The van der Waals surface area contributed by atoms with Crippen molar-refractivity contribution in [1.82, 2.24) is 9.88 Å². The van der Waals surface area contributed by atoms with Crippen molar-refractivity contribution in [2.24, 2.45) is 4.99 Å². The van der Waals surface area contributed by atoms with Gasteiger partial charge in [0.15, 0.2) is 16.7 Å². The van der Waals surface area contributed by atoms with Crippen LogP contribution < -0.4 is 9.47 Å². The van der Waals surface area contributed by atoms with E-state index < -0.39 is 0 Å². The molecule has 2 aromatic rings. The first-order valence-electron chi connectivity index (χ1n) is 8.36. The molecule has 0 saturated carbocycles. The molecule has 0 spiro atoms. The molecule has 1 aromatic heterocycles. The number of aromatic nitrogens is 1. The molecule has 1 fully saturated rings. The average molecular weight is 355 g/mol. The van der Waals surface area contributed by atoms with E-state index in [9.17, 15) is 0 Å². The molecule has 25 heavy (non-hydrogen) atoms. The molecule has 2 aliphatic rings. The van der Waals surface area contributed by atoms with Crippen LogP contribution in [0.15, 0.2) is 47.6 Å². The smallest absolute Gasteiger partial charge is 0.166 e. The number of benzene rings is 1. The summed E-state index contributed by atoms with van der Waals surface area (Å²) in [6, 6.07) is 12.1. The van der Waals surface area contributed by atoms with E-state index in [1.807, 2.05) is 48.3 Å². The predicted molar refractivity (Wildman–Crippen MR) is 100 cm³/mol. The second kappa shape index (κ2) is 6.59. The van der Waals surface area contributed by atoms with Crippen molar-refractivity contribution in [3.05, 3.63) is 53.9 Å². The van der Waals surface area contributed by atoms with Crippen LogP contribution >= 0.6 is 11.8 Å². The summed E-state index contributed by atoms with van der Waals surface area (Å²) in [5.74, 6) is 1.52. The molecule has 4 rings (SSSR count). The van der Waals surface area contributed by atoms with Crippen LogP contribution in [0.3, 0.4) is 0 Å². The SMILES string of the molecule is COc1cccc([C@@H]2[C@H](c3ccccn3)N=C3S[C@@H](C)CN32)c1OC. The minimum Gasteiger partial charge on any atom is -0.493 e. The highest BCUT2D eigenvalue weighted by Crippen LogP contribution is 2.50. The lowest BCUT2D eigenvalue weighted by Gasteiger charge is -2.29. The molecule has 3 atom stereocenters. The van der Waals surface area contributed by atoms with Gasteiger partial charge in [0.25, 0.3) is 0 Å². The zero-order chi connectivity index (χ0) is 17.4. The minimum absolute atomic E-state index is 0.0443. The number of hydrogen-bond donors (Lipinski definition) is 0. The highest BCUT2D eigenvalue weighted by molar-refractivity contribution is 8.14. The van der Waals surface area contributed by atoms with Gasteiger partial charge in [-0.1, -0.05) is 36.9 Å². The van der Waals surface area contributed by atoms with Crippen molar-refractivity contribution in [2.45, 2.75) is 24.3 Å². The lowest BCUT2D eigenvalue weighted by Crippen LogP contribution is -2.29. The number of rotatable bonds is 4. The molecular weight excluding hydrogens is 334 g/mol. The number of methoxy groups -OCH3 is 2. The molecular formula is C19H21N3O2S. The normalized spacial score (nSPS) is 24.8. The third-order valence-corrected chi connectivity index (χ3v) is 5.74. The zero-order valence-corrected chi connectivity index (χ0v) is 15.4. The van der Waals surface area contributed by atoms with Gasteiger partial charge in [0, 0.05) is 23.6 Å². The van der Waals surface area contributed by atoms with Crippen LogP contribution in [-0.2, 0) is 0 Å². The largest absolute Gasteiger partial charge is 0.493 e. The van der Waals surface area contributed by atoms with E-state index in [4.69, 9.17) is 14.5 Å². The van der Waals surface area contributed by atoms with E-state index >= 15 is 0 Å². The standard InChI is InChI=1S/C19H21N3O2S/c1-12-11-22-17(13-7-6-9-15(23-2)18(13)24-3)16(21-19(22)25-12)14-8-4-5-10-20-14/h4-10,12,16-17H,11H2,1-3H3/t12-,16-,17+/m0/s1. The van der Waals surface area contributed by atoms with Crippen LogP contribution in [0.4, 0.5) is 0 Å². The molecule has 6 heteroatoms. The number of amidine groups is 1. The zero-order valence-electron chi connectivity index (χ0n) is 14.5. The van der Waals surface area contributed by atoms with E-state index in [2.05, 4.69) is 22.9 Å². The van der Waals surface area contributed by atoms with Crippen LogP contribution in [0, 0.1) is 0 Å². The van der Waals surface area contributed by atoms with Crippen molar-refractivity contribution in [3.8, 4) is 11.5 Å². The fourth-order valence-electron chi connectivity index (χ4n) is 3.60. The predicted octanol–water partition coefficient (Wildman–Crippen LogP) is 3.69. The third kappa shape index (κ3) is 2.74. The van der Waals surface area contributed by atoms with Gasteiger partial charge in [-0.15, -0.1) is 0 Å². The maximum Gasteiger partial charge on any atom is 0.166 e. The van der Waals surface area contributed by atoms with E-state index in [1.54, 1.807) is 14.2 Å². The number of fused-ring (bicyclic) bond motifs is 1. The summed E-state index contributed by atoms with van der Waals surface area (Å²) in [6.45, 7) is 3.21. The molecule has 3 heterocycles. The van der Waals surface area contributed by atoms with Crippen LogP contribution in [0.2, 0.25) is 0 Å². The quantitative estimate of drug-likeness (QED) is 0.837. The van der Waals surface area contributed by atoms with Crippen LogP contribution in [0.25, 0.3) is 0 Å². The van der Waals surface area contributed by atoms with Crippen molar-refractivity contribution < 1.29 is 9.47 Å². The van der Waals surface area contributed by atoms with E-state index in [0.29, 0.717) is 5.25 Å². The first kappa shape index (κ1) is 16.3. The van der Waals surface area contributed by atoms with Crippen LogP contribution in [0.1, 0.15) is 30.3 Å². The van der Waals surface area contributed by atoms with Crippen molar-refractivity contribution in [1.29, 1.82) is 0 Å². The Bertz CT molecular complexity index is 797. The van der Waals surface area contributed by atoms with Gasteiger partial charge in [-0.2, -0.15) is 0 Å². The molecule has 1 saturated heterocycles. The van der Waals surface area contributed by atoms with Gasteiger partial charge in [-0.25, -0.2) is 0 Å². The molecule has 130 valence electrons. The van der Waals surface area contributed by atoms with Gasteiger partial charge < -0.3 is 14.4 Å². The number of ether oxygens (including phenoxy) is 2. The summed E-state index contributed by atoms with van der Waals surface area (Å²) >= 11 is 1.83. The first-order chi connectivity index (χ1) is 12.2. The highest BCUT2D eigenvalue weighted by atomic mass is 32.2. The van der Waals surface area contributed by atoms with Gasteiger partial charge >= 0.3 is 0 Å². The summed E-state index contributed by atoms with van der Waals surface area (Å²) in [7, 11) is 3.36. The van der Waals surface area contributed by atoms with Gasteiger partial charge in [0.05, 0.1) is 26.0 Å². The van der Waals surface area contributed by atoms with Gasteiger partial charge in [0.1, 0.15) is 6.04 Å². The molecule has 1 aromatic carbocycles. The molecule has 0 unspecified atom stereocenters. The van der Waals surface area contributed by atoms with Gasteiger partial charge in [0.2, 0.25) is 0 Å². The molecule has 0 bridgehead atoms. The summed E-state index contributed by atoms with van der Waals surface area (Å²) in [5, 5.41) is 1.63. The second-order valence-electron chi connectivity index (χ2n) is 6.22. The molecule has 0 amide bonds. The minimum atomic E-state index is -0.0443. The van der Waals surface area contributed by atoms with Crippen LogP contribution in [-0.4, -0.2) is 41.1 Å². The highest BCUT2D eigenvalue weighted by Gasteiger charge is 2.44. The molecule has 2 aliphatic heterocycles.